The molecule has 0 aromatic heterocycles. The van der Waals surface area contributed by atoms with Crippen molar-refractivity contribution in [3.05, 3.63) is 48.7 Å². The van der Waals surface area contributed by atoms with Gasteiger partial charge in [0.15, 0.2) is 0 Å². The van der Waals surface area contributed by atoms with Gasteiger partial charge in [-0.1, -0.05) is 43.8 Å². The average molecular weight is 175 g/mol. The Kier molecular flexibility index (Phi) is 4.10. The van der Waals surface area contributed by atoms with Gasteiger partial charge in [0.2, 0.25) is 0 Å². The second kappa shape index (κ2) is 5.41. The average Bonchev–Trinajstić information content (AvgIpc) is 2.19. The second-order valence-electron chi connectivity index (χ2n) is 3.14. The minimum Gasteiger partial charge on any atom is -0.374 e. The maximum atomic E-state index is 3.80. The summed E-state index contributed by atoms with van der Waals surface area (Å²) in [6.07, 6.45) is 3.08. The van der Waals surface area contributed by atoms with Crippen molar-refractivity contribution in [3.63, 3.8) is 0 Å². The predicted octanol–water partition coefficient (Wildman–Crippen LogP) is 3.04. The van der Waals surface area contributed by atoms with Crippen molar-refractivity contribution in [2.45, 2.75) is 19.9 Å². The Morgan fingerprint density at radius 1 is 1.31 bits per heavy atom. The molecule has 0 N–H and O–H groups in total. The minimum absolute atomic E-state index is 0.970. The van der Waals surface area contributed by atoms with Crippen LogP contribution in [0.25, 0.3) is 0 Å². The van der Waals surface area contributed by atoms with Crippen LogP contribution in [0.15, 0.2) is 43.1 Å². The minimum atomic E-state index is 0.970. The molecule has 0 radical (unpaired) electrons. The molecule has 0 atom stereocenters. The van der Waals surface area contributed by atoms with E-state index in [0.29, 0.717) is 0 Å². The van der Waals surface area contributed by atoms with E-state index in [2.05, 4.69) is 42.7 Å². The van der Waals surface area contributed by atoms with Crippen LogP contribution in [0.1, 0.15) is 18.9 Å². The van der Waals surface area contributed by atoms with Crippen LogP contribution in [0, 0.1) is 0 Å². The summed E-state index contributed by atoms with van der Waals surface area (Å²) in [5.41, 5.74) is 1.34. The van der Waals surface area contributed by atoms with Gasteiger partial charge < -0.3 is 4.90 Å². The zero-order valence-corrected chi connectivity index (χ0v) is 8.24. The Labute approximate surface area is 80.7 Å². The summed E-state index contributed by atoms with van der Waals surface area (Å²) in [4.78, 5) is 2.23. The summed E-state index contributed by atoms with van der Waals surface area (Å²) in [7, 11) is 0. The number of rotatable bonds is 5. The molecule has 70 valence electrons. The SMILES string of the molecule is C=CN(CCC)Cc1ccccc1. The molecule has 1 heteroatoms. The first-order valence-electron chi connectivity index (χ1n) is 4.77. The standard InChI is InChI=1S/C12H17N/c1-3-10-13(4-2)11-12-8-6-5-7-9-12/h4-9H,2-3,10-11H2,1H3. The molecule has 0 saturated carbocycles. The normalized spacial score (nSPS) is 9.62. The van der Waals surface area contributed by atoms with Gasteiger partial charge in [0.25, 0.3) is 0 Å². The lowest BCUT2D eigenvalue weighted by Crippen LogP contribution is -2.16. The summed E-state index contributed by atoms with van der Waals surface area (Å²) in [6, 6.07) is 10.5. The first-order valence-corrected chi connectivity index (χ1v) is 4.77. The third-order valence-corrected chi connectivity index (χ3v) is 2.00. The van der Waals surface area contributed by atoms with Crippen LogP contribution in [0.5, 0.6) is 0 Å². The third-order valence-electron chi connectivity index (χ3n) is 2.00. The van der Waals surface area contributed by atoms with Crippen LogP contribution < -0.4 is 0 Å². The van der Waals surface area contributed by atoms with Gasteiger partial charge in [-0.25, -0.2) is 0 Å². The molecule has 1 nitrogen and oxygen atoms in total. The highest BCUT2D eigenvalue weighted by molar-refractivity contribution is 5.14. The first-order chi connectivity index (χ1) is 6.36. The highest BCUT2D eigenvalue weighted by Gasteiger charge is 1.97. The van der Waals surface area contributed by atoms with E-state index < -0.39 is 0 Å². The highest BCUT2D eigenvalue weighted by atomic mass is 15.1. The smallest absolute Gasteiger partial charge is 0.0423 e. The quantitative estimate of drug-likeness (QED) is 0.665. The molecule has 1 aromatic rings. The van der Waals surface area contributed by atoms with Gasteiger partial charge in [0.1, 0.15) is 0 Å². The molecule has 1 aromatic carbocycles. The van der Waals surface area contributed by atoms with E-state index in [1.54, 1.807) is 0 Å². The summed E-state index contributed by atoms with van der Waals surface area (Å²) >= 11 is 0. The molecule has 0 bridgehead atoms. The van der Waals surface area contributed by atoms with Crippen LogP contribution in [0.4, 0.5) is 0 Å². The zero-order valence-electron chi connectivity index (χ0n) is 8.24. The van der Waals surface area contributed by atoms with Gasteiger partial charge in [-0.2, -0.15) is 0 Å². The van der Waals surface area contributed by atoms with Gasteiger partial charge in [0, 0.05) is 13.1 Å². The van der Waals surface area contributed by atoms with Gasteiger partial charge >= 0.3 is 0 Å². The van der Waals surface area contributed by atoms with Crippen molar-refractivity contribution in [1.82, 2.24) is 4.90 Å². The van der Waals surface area contributed by atoms with Gasteiger partial charge in [-0.3, -0.25) is 0 Å². The van der Waals surface area contributed by atoms with Crippen molar-refractivity contribution in [2.75, 3.05) is 6.54 Å². The second-order valence-corrected chi connectivity index (χ2v) is 3.14. The molecule has 0 saturated heterocycles. The van der Waals surface area contributed by atoms with Gasteiger partial charge in [-0.15, -0.1) is 0 Å². The summed E-state index contributed by atoms with van der Waals surface area (Å²) < 4.78 is 0. The van der Waals surface area contributed by atoms with E-state index in [1.165, 1.54) is 12.0 Å². The van der Waals surface area contributed by atoms with Crippen LogP contribution in [-0.2, 0) is 6.54 Å². The van der Waals surface area contributed by atoms with Crippen molar-refractivity contribution in [1.29, 1.82) is 0 Å². The van der Waals surface area contributed by atoms with Gasteiger partial charge in [-0.05, 0) is 18.2 Å². The van der Waals surface area contributed by atoms with Crippen molar-refractivity contribution in [3.8, 4) is 0 Å². The van der Waals surface area contributed by atoms with E-state index in [9.17, 15) is 0 Å². The van der Waals surface area contributed by atoms with Crippen molar-refractivity contribution in [2.24, 2.45) is 0 Å². The Balaban J connectivity index is 2.51. The monoisotopic (exact) mass is 175 g/mol. The fourth-order valence-electron chi connectivity index (χ4n) is 1.34. The summed E-state index contributed by atoms with van der Waals surface area (Å²) in [5, 5.41) is 0. The topological polar surface area (TPSA) is 3.24 Å². The van der Waals surface area contributed by atoms with E-state index >= 15 is 0 Å². The lowest BCUT2D eigenvalue weighted by molar-refractivity contribution is 0.370. The Hall–Kier alpha value is -1.24. The molecule has 0 spiro atoms. The molecule has 0 fully saturated rings. The Morgan fingerprint density at radius 2 is 2.00 bits per heavy atom. The lowest BCUT2D eigenvalue weighted by Gasteiger charge is -2.18. The largest absolute Gasteiger partial charge is 0.374 e. The molecular formula is C12H17N. The fourth-order valence-corrected chi connectivity index (χ4v) is 1.34. The molecule has 0 amide bonds. The molecule has 0 aliphatic rings. The van der Waals surface area contributed by atoms with Crippen molar-refractivity contribution < 1.29 is 0 Å². The third kappa shape index (κ3) is 3.32. The maximum absolute atomic E-state index is 3.80. The molecular weight excluding hydrogens is 158 g/mol. The van der Waals surface area contributed by atoms with Crippen molar-refractivity contribution >= 4 is 0 Å². The van der Waals surface area contributed by atoms with E-state index in [-0.39, 0.29) is 0 Å². The first kappa shape index (κ1) is 9.85. The number of benzene rings is 1. The molecule has 1 rings (SSSR count). The number of nitrogens with zero attached hydrogens (tertiary/aromatic N) is 1. The van der Waals surface area contributed by atoms with Crippen LogP contribution in [-0.4, -0.2) is 11.4 Å². The molecule has 0 heterocycles. The molecule has 0 aliphatic heterocycles. The van der Waals surface area contributed by atoms with Crippen LogP contribution in [0.3, 0.4) is 0 Å². The molecule has 0 unspecified atom stereocenters. The fraction of sp³-hybridized carbons (Fsp3) is 0.333. The number of hydrogen-bond acceptors (Lipinski definition) is 1. The Bertz CT molecular complexity index is 241. The number of hydrogen-bond donors (Lipinski definition) is 0. The van der Waals surface area contributed by atoms with Gasteiger partial charge in [0.05, 0.1) is 0 Å². The summed E-state index contributed by atoms with van der Waals surface area (Å²) in [6.45, 7) is 8.04. The van der Waals surface area contributed by atoms with Crippen LogP contribution in [0.2, 0.25) is 0 Å². The lowest BCUT2D eigenvalue weighted by atomic mass is 10.2. The van der Waals surface area contributed by atoms with E-state index in [1.807, 2.05) is 12.3 Å². The predicted molar refractivity (Wildman–Crippen MR) is 57.3 cm³/mol. The molecule has 0 aliphatic carbocycles. The summed E-state index contributed by atoms with van der Waals surface area (Å²) in [5.74, 6) is 0. The van der Waals surface area contributed by atoms with E-state index in [4.69, 9.17) is 0 Å². The Morgan fingerprint density at radius 3 is 2.54 bits per heavy atom. The highest BCUT2D eigenvalue weighted by Crippen LogP contribution is 2.04. The maximum Gasteiger partial charge on any atom is 0.0423 e. The van der Waals surface area contributed by atoms with E-state index in [0.717, 1.165) is 13.1 Å². The zero-order chi connectivity index (χ0) is 9.52. The van der Waals surface area contributed by atoms with Crippen LogP contribution >= 0.6 is 0 Å². The molecule has 13 heavy (non-hydrogen) atoms.